The van der Waals surface area contributed by atoms with Gasteiger partial charge in [-0.1, -0.05) is 30.2 Å². The Morgan fingerprint density at radius 1 is 1.12 bits per heavy atom. The molecule has 1 aliphatic rings. The molecule has 1 fully saturated rings. The topological polar surface area (TPSA) is 131 Å². The molecule has 3 aromatic rings. The Bertz CT molecular complexity index is 1570. The summed E-state index contributed by atoms with van der Waals surface area (Å²) in [6.07, 6.45) is -3.26. The van der Waals surface area contributed by atoms with E-state index in [-0.39, 0.29) is 35.8 Å². The van der Waals surface area contributed by atoms with Crippen molar-refractivity contribution in [2.45, 2.75) is 57.7 Å². The zero-order valence-corrected chi connectivity index (χ0v) is 24.0. The second-order valence-electron chi connectivity index (χ2n) is 11.1. The molecule has 1 aliphatic heterocycles. The van der Waals surface area contributed by atoms with Gasteiger partial charge in [0.25, 0.3) is 0 Å². The van der Waals surface area contributed by atoms with E-state index in [9.17, 15) is 27.9 Å². The number of nitrogens with two attached hydrogens (primary N) is 1. The monoisotopic (exact) mass is 595 g/mol. The summed E-state index contributed by atoms with van der Waals surface area (Å²) in [7, 11) is 0. The lowest BCUT2D eigenvalue weighted by Crippen LogP contribution is -2.41. The minimum absolute atomic E-state index is 0.0975. The van der Waals surface area contributed by atoms with Gasteiger partial charge in [0.15, 0.2) is 0 Å². The number of amides is 2. The molecule has 0 radical (unpaired) electrons. The number of halogens is 3. The highest BCUT2D eigenvalue weighted by Gasteiger charge is 2.35. The summed E-state index contributed by atoms with van der Waals surface area (Å²) in [6, 6.07) is 11.5. The molecule has 1 saturated heterocycles. The minimum atomic E-state index is -4.77. The average molecular weight is 596 g/mol. The van der Waals surface area contributed by atoms with Gasteiger partial charge in [-0.15, -0.1) is 0 Å². The Labute approximate surface area is 247 Å². The number of nitrogens with one attached hydrogen (secondary N) is 1. The Morgan fingerprint density at radius 2 is 1.81 bits per heavy atom. The van der Waals surface area contributed by atoms with Gasteiger partial charge in [0, 0.05) is 24.8 Å². The number of aromatic nitrogens is 2. The fourth-order valence-electron chi connectivity index (χ4n) is 4.61. The fraction of sp³-hybridized carbons (Fsp3) is 0.355. The quantitative estimate of drug-likeness (QED) is 0.263. The van der Waals surface area contributed by atoms with Crippen molar-refractivity contribution in [3.8, 4) is 17.6 Å². The van der Waals surface area contributed by atoms with Crippen molar-refractivity contribution in [2.75, 3.05) is 18.4 Å². The summed E-state index contributed by atoms with van der Waals surface area (Å²) in [5.41, 5.74) is 4.86. The van der Waals surface area contributed by atoms with Gasteiger partial charge >= 0.3 is 12.3 Å². The van der Waals surface area contributed by atoms with Crippen molar-refractivity contribution in [3.63, 3.8) is 0 Å². The molecule has 2 heterocycles. The summed E-state index contributed by atoms with van der Waals surface area (Å²) in [4.78, 5) is 33.1. The van der Waals surface area contributed by atoms with Crippen LogP contribution in [-0.2, 0) is 22.1 Å². The molecule has 4 rings (SSSR count). The predicted molar refractivity (Wildman–Crippen MR) is 154 cm³/mol. The van der Waals surface area contributed by atoms with Gasteiger partial charge < -0.3 is 25.8 Å². The first-order valence-corrected chi connectivity index (χ1v) is 13.6. The Balaban J connectivity index is 1.51. The Kier molecular flexibility index (Phi) is 9.13. The third-order valence-electron chi connectivity index (χ3n) is 6.68. The van der Waals surface area contributed by atoms with Crippen LogP contribution in [0.25, 0.3) is 0 Å². The lowest BCUT2D eigenvalue weighted by molar-refractivity contribution is -0.138. The number of nitrogens with zero attached hydrogens (tertiary/aromatic N) is 3. The van der Waals surface area contributed by atoms with Gasteiger partial charge in [-0.3, -0.25) is 4.79 Å². The number of anilines is 2. The van der Waals surface area contributed by atoms with E-state index in [0.717, 1.165) is 5.56 Å². The van der Waals surface area contributed by atoms with Crippen LogP contribution in [0.3, 0.4) is 0 Å². The van der Waals surface area contributed by atoms with E-state index in [0.29, 0.717) is 43.3 Å². The molecular formula is C31H32F3N5O4. The maximum Gasteiger partial charge on any atom is 0.420 e. The van der Waals surface area contributed by atoms with Gasteiger partial charge in [0.05, 0.1) is 12.1 Å². The molecule has 4 N–H and O–H groups in total. The minimum Gasteiger partial charge on any atom is -0.506 e. The number of likely N-dealkylation sites (tertiary alicyclic amines) is 1. The smallest absolute Gasteiger partial charge is 0.420 e. The second kappa shape index (κ2) is 12.6. The number of primary amides is 1. The van der Waals surface area contributed by atoms with Crippen molar-refractivity contribution in [1.29, 1.82) is 0 Å². The summed E-state index contributed by atoms with van der Waals surface area (Å²) >= 11 is 0. The first-order valence-electron chi connectivity index (χ1n) is 13.6. The molecule has 43 heavy (non-hydrogen) atoms. The van der Waals surface area contributed by atoms with Crippen LogP contribution in [-0.4, -0.2) is 50.7 Å². The summed E-state index contributed by atoms with van der Waals surface area (Å²) < 4.78 is 46.6. The maximum atomic E-state index is 13.7. The van der Waals surface area contributed by atoms with Crippen LogP contribution in [0.5, 0.6) is 5.75 Å². The average Bonchev–Trinajstić information content (AvgIpc) is 2.92. The largest absolute Gasteiger partial charge is 0.506 e. The number of phenolic OH excluding ortho intramolecular Hbond substituents is 1. The number of carbonyl (C=O) groups is 2. The number of hydrogen-bond acceptors (Lipinski definition) is 7. The van der Waals surface area contributed by atoms with E-state index in [1.807, 2.05) is 20.8 Å². The van der Waals surface area contributed by atoms with Gasteiger partial charge in [-0.05, 0) is 74.8 Å². The van der Waals surface area contributed by atoms with Crippen molar-refractivity contribution >= 4 is 23.6 Å². The molecule has 0 unspecified atom stereocenters. The molecule has 2 amide bonds. The van der Waals surface area contributed by atoms with Crippen molar-refractivity contribution in [1.82, 2.24) is 14.9 Å². The Morgan fingerprint density at radius 3 is 2.44 bits per heavy atom. The van der Waals surface area contributed by atoms with E-state index in [2.05, 4.69) is 27.1 Å². The number of piperidine rings is 1. The molecule has 0 atom stereocenters. The van der Waals surface area contributed by atoms with Crippen LogP contribution in [0.15, 0.2) is 48.7 Å². The number of hydrogen-bond donors (Lipinski definition) is 3. The van der Waals surface area contributed by atoms with Crippen molar-refractivity contribution in [2.24, 2.45) is 5.73 Å². The van der Waals surface area contributed by atoms with Crippen LogP contribution in [0.4, 0.5) is 29.6 Å². The van der Waals surface area contributed by atoms with E-state index in [4.69, 9.17) is 10.5 Å². The molecule has 9 nitrogen and oxygen atoms in total. The molecule has 226 valence electrons. The fourth-order valence-corrected chi connectivity index (χ4v) is 4.61. The van der Waals surface area contributed by atoms with Gasteiger partial charge in [-0.2, -0.15) is 13.2 Å². The third-order valence-corrected chi connectivity index (χ3v) is 6.68. The molecule has 0 spiro atoms. The highest BCUT2D eigenvalue weighted by molar-refractivity contribution is 5.77. The molecule has 1 aromatic heterocycles. The second-order valence-corrected chi connectivity index (χ2v) is 11.1. The lowest BCUT2D eigenvalue weighted by atomic mass is 9.89. The zero-order chi connectivity index (χ0) is 31.4. The van der Waals surface area contributed by atoms with Crippen molar-refractivity contribution < 1.29 is 32.6 Å². The predicted octanol–water partition coefficient (Wildman–Crippen LogP) is 5.49. The molecule has 12 heteroatoms. The highest BCUT2D eigenvalue weighted by Crippen LogP contribution is 2.35. The van der Waals surface area contributed by atoms with Gasteiger partial charge in [0.2, 0.25) is 11.9 Å². The molecular weight excluding hydrogens is 563 g/mol. The zero-order valence-electron chi connectivity index (χ0n) is 24.0. The van der Waals surface area contributed by atoms with E-state index < -0.39 is 28.9 Å². The Hall–Kier alpha value is -4.79. The van der Waals surface area contributed by atoms with Crippen LogP contribution in [0, 0.1) is 11.8 Å². The first-order chi connectivity index (χ1) is 20.2. The first kappa shape index (κ1) is 31.2. The molecule has 2 aromatic carbocycles. The maximum absolute atomic E-state index is 13.7. The number of carbonyl (C=O) groups excluding carboxylic acids is 2. The van der Waals surface area contributed by atoms with Gasteiger partial charge in [0.1, 0.15) is 22.6 Å². The van der Waals surface area contributed by atoms with Crippen LogP contribution in [0.2, 0.25) is 0 Å². The van der Waals surface area contributed by atoms with Crippen LogP contribution in [0.1, 0.15) is 67.5 Å². The third kappa shape index (κ3) is 8.38. The number of ether oxygens (including phenoxy) is 1. The SMILES string of the molecule is CC(C)(C)OC(=O)N1CCC(c2ccc(Nc3ncc(C(F)(F)F)c(C#Cc4ccccc4CC(N)=O)n3)c(O)c2)CC1. The summed E-state index contributed by atoms with van der Waals surface area (Å²) in [5.74, 6) is 4.27. The van der Waals surface area contributed by atoms with Crippen molar-refractivity contribution in [3.05, 3.63) is 76.6 Å². The van der Waals surface area contributed by atoms with Gasteiger partial charge in [-0.25, -0.2) is 14.8 Å². The standard InChI is InChI=1S/C31H32F3N5O4/c1-30(2,3)43-29(42)39-14-12-20(13-15-39)22-9-11-25(26(40)16-22)38-28-36-18-23(31(32,33)34)24(37-28)10-8-19-6-4-5-7-21(19)17-27(35)41/h4-7,9,11,16,18,20,40H,12-15,17H2,1-3H3,(H2,35,41)(H,36,37,38). The van der Waals surface area contributed by atoms with Crippen LogP contribution >= 0.6 is 0 Å². The molecule has 0 bridgehead atoms. The van der Waals surface area contributed by atoms with E-state index >= 15 is 0 Å². The normalized spacial score (nSPS) is 14.0. The lowest BCUT2D eigenvalue weighted by Gasteiger charge is -2.33. The van der Waals surface area contributed by atoms with E-state index in [1.165, 1.54) is 0 Å². The summed E-state index contributed by atoms with van der Waals surface area (Å²) in [6.45, 7) is 6.46. The number of alkyl halides is 3. The number of phenols is 1. The van der Waals surface area contributed by atoms with Crippen LogP contribution < -0.4 is 11.1 Å². The molecule has 0 saturated carbocycles. The number of benzene rings is 2. The summed E-state index contributed by atoms with van der Waals surface area (Å²) in [5, 5.41) is 13.5. The number of rotatable bonds is 5. The number of aromatic hydroxyl groups is 1. The highest BCUT2D eigenvalue weighted by atomic mass is 19.4. The molecule has 0 aliphatic carbocycles. The van der Waals surface area contributed by atoms with E-state index in [1.54, 1.807) is 47.4 Å².